The number of nitrogens with one attached hydrogen (secondary N) is 1. The highest BCUT2D eigenvalue weighted by Gasteiger charge is 2.23. The first-order valence-electron chi connectivity index (χ1n) is 8.32. The third kappa shape index (κ3) is 13.3. The second kappa shape index (κ2) is 9.45. The molecule has 0 atom stereocenters. The van der Waals surface area contributed by atoms with Crippen molar-refractivity contribution < 1.29 is 19.0 Å². The molecule has 0 aromatic heterocycles. The molecule has 0 aliphatic heterocycles. The Morgan fingerprint density at radius 3 is 1.96 bits per heavy atom. The van der Waals surface area contributed by atoms with Gasteiger partial charge in [-0.15, -0.1) is 0 Å². The van der Waals surface area contributed by atoms with Crippen LogP contribution in [0.3, 0.4) is 0 Å². The van der Waals surface area contributed by atoms with E-state index in [1.807, 2.05) is 48.5 Å². The van der Waals surface area contributed by atoms with Gasteiger partial charge in [-0.05, 0) is 61.3 Å². The predicted octanol–water partition coefficient (Wildman–Crippen LogP) is 2.84. The van der Waals surface area contributed by atoms with Crippen LogP contribution in [0.5, 0.6) is 0 Å². The van der Waals surface area contributed by atoms with Crippen molar-refractivity contribution in [2.45, 2.75) is 78.1 Å². The van der Waals surface area contributed by atoms with E-state index in [-0.39, 0.29) is 11.2 Å². The molecule has 0 aromatic rings. The molecule has 1 amide bonds. The van der Waals surface area contributed by atoms with Crippen molar-refractivity contribution in [1.82, 2.24) is 5.32 Å². The van der Waals surface area contributed by atoms with E-state index in [2.05, 4.69) is 5.32 Å². The SMILES string of the molecule is CC(C)(C)OC(=O)NCCC(C)(C)OCCC(C)(C)OCCN. The first-order valence-corrected chi connectivity index (χ1v) is 8.32. The quantitative estimate of drug-likeness (QED) is 0.643. The third-order valence-corrected chi connectivity index (χ3v) is 3.20. The van der Waals surface area contributed by atoms with Crippen molar-refractivity contribution in [2.75, 3.05) is 26.3 Å². The maximum Gasteiger partial charge on any atom is 0.407 e. The fourth-order valence-corrected chi connectivity index (χ4v) is 1.83. The fourth-order valence-electron chi connectivity index (χ4n) is 1.83. The van der Waals surface area contributed by atoms with Crippen LogP contribution < -0.4 is 11.1 Å². The molecule has 0 unspecified atom stereocenters. The van der Waals surface area contributed by atoms with Crippen LogP contribution in [0.2, 0.25) is 0 Å². The minimum Gasteiger partial charge on any atom is -0.444 e. The Kier molecular flexibility index (Phi) is 9.10. The maximum atomic E-state index is 11.6. The standard InChI is InChI=1S/C17H36N2O4/c1-15(2,3)23-14(20)19-11-8-16(4,5)21-12-9-17(6,7)22-13-10-18/h8-13,18H2,1-7H3,(H,19,20). The third-order valence-electron chi connectivity index (χ3n) is 3.20. The molecule has 0 bridgehead atoms. The summed E-state index contributed by atoms with van der Waals surface area (Å²) in [6, 6.07) is 0. The number of amides is 1. The van der Waals surface area contributed by atoms with Crippen LogP contribution >= 0.6 is 0 Å². The van der Waals surface area contributed by atoms with Crippen molar-refractivity contribution in [2.24, 2.45) is 5.73 Å². The van der Waals surface area contributed by atoms with Crippen LogP contribution in [0.15, 0.2) is 0 Å². The van der Waals surface area contributed by atoms with E-state index < -0.39 is 11.7 Å². The molecule has 6 heteroatoms. The van der Waals surface area contributed by atoms with Gasteiger partial charge >= 0.3 is 6.09 Å². The van der Waals surface area contributed by atoms with Gasteiger partial charge < -0.3 is 25.3 Å². The number of rotatable bonds is 10. The van der Waals surface area contributed by atoms with Crippen molar-refractivity contribution >= 4 is 6.09 Å². The van der Waals surface area contributed by atoms with Gasteiger partial charge in [0.05, 0.1) is 24.4 Å². The topological polar surface area (TPSA) is 82.8 Å². The van der Waals surface area contributed by atoms with E-state index in [1.54, 1.807) is 0 Å². The first kappa shape index (κ1) is 22.1. The second-order valence-electron chi connectivity index (χ2n) is 7.93. The summed E-state index contributed by atoms with van der Waals surface area (Å²) in [6.07, 6.45) is 1.09. The zero-order valence-corrected chi connectivity index (χ0v) is 16.0. The van der Waals surface area contributed by atoms with E-state index in [0.717, 1.165) is 6.42 Å². The maximum absolute atomic E-state index is 11.6. The second-order valence-corrected chi connectivity index (χ2v) is 7.93. The number of hydrogen-bond acceptors (Lipinski definition) is 5. The molecule has 138 valence electrons. The Hall–Kier alpha value is -0.850. The molecular weight excluding hydrogens is 296 g/mol. The normalized spacial score (nSPS) is 13.0. The summed E-state index contributed by atoms with van der Waals surface area (Å²) in [5.74, 6) is 0. The monoisotopic (exact) mass is 332 g/mol. The lowest BCUT2D eigenvalue weighted by molar-refractivity contribution is -0.0722. The Labute approximate surface area is 141 Å². The predicted molar refractivity (Wildman–Crippen MR) is 92.6 cm³/mol. The average molecular weight is 332 g/mol. The lowest BCUT2D eigenvalue weighted by atomic mass is 10.0. The molecule has 3 N–H and O–H groups in total. The summed E-state index contributed by atoms with van der Waals surface area (Å²) < 4.78 is 16.8. The van der Waals surface area contributed by atoms with Gasteiger partial charge in [-0.1, -0.05) is 0 Å². The lowest BCUT2D eigenvalue weighted by Gasteiger charge is -2.30. The minimum atomic E-state index is -0.481. The van der Waals surface area contributed by atoms with E-state index in [1.165, 1.54) is 0 Å². The summed E-state index contributed by atoms with van der Waals surface area (Å²) >= 11 is 0. The molecule has 0 rings (SSSR count). The van der Waals surface area contributed by atoms with Gasteiger partial charge in [0.25, 0.3) is 0 Å². The molecule has 0 radical (unpaired) electrons. The number of carbonyl (C=O) groups is 1. The summed E-state index contributed by atoms with van der Waals surface area (Å²) in [5, 5.41) is 2.75. The van der Waals surface area contributed by atoms with Gasteiger partial charge in [-0.25, -0.2) is 4.79 Å². The van der Waals surface area contributed by atoms with Crippen LogP contribution in [0.25, 0.3) is 0 Å². The molecule has 0 fully saturated rings. The lowest BCUT2D eigenvalue weighted by Crippen LogP contribution is -2.37. The highest BCUT2D eigenvalue weighted by atomic mass is 16.6. The van der Waals surface area contributed by atoms with Gasteiger partial charge in [0, 0.05) is 13.1 Å². The zero-order chi connectivity index (χ0) is 18.1. The van der Waals surface area contributed by atoms with Crippen LogP contribution in [0, 0.1) is 0 Å². The van der Waals surface area contributed by atoms with E-state index in [9.17, 15) is 4.79 Å². The number of ether oxygens (including phenoxy) is 3. The number of alkyl carbamates (subject to hydrolysis) is 1. The molecule has 23 heavy (non-hydrogen) atoms. The van der Waals surface area contributed by atoms with Crippen molar-refractivity contribution in [3.05, 3.63) is 0 Å². The molecule has 0 saturated heterocycles. The van der Waals surface area contributed by atoms with Crippen molar-refractivity contribution in [1.29, 1.82) is 0 Å². The summed E-state index contributed by atoms with van der Waals surface area (Å²) in [7, 11) is 0. The number of nitrogens with two attached hydrogens (primary N) is 1. The smallest absolute Gasteiger partial charge is 0.407 e. The van der Waals surface area contributed by atoms with E-state index >= 15 is 0 Å². The van der Waals surface area contributed by atoms with Crippen molar-refractivity contribution in [3.8, 4) is 0 Å². The van der Waals surface area contributed by atoms with Crippen LogP contribution in [-0.2, 0) is 14.2 Å². The largest absolute Gasteiger partial charge is 0.444 e. The summed E-state index contributed by atoms with van der Waals surface area (Å²) in [4.78, 5) is 11.6. The Bertz CT molecular complexity index is 349. The van der Waals surface area contributed by atoms with Crippen LogP contribution in [0.1, 0.15) is 61.3 Å². The molecule has 6 nitrogen and oxygen atoms in total. The Morgan fingerprint density at radius 1 is 0.913 bits per heavy atom. The molecule has 0 aliphatic carbocycles. The highest BCUT2D eigenvalue weighted by Crippen LogP contribution is 2.19. The Balaban J connectivity index is 3.99. The van der Waals surface area contributed by atoms with Crippen LogP contribution in [0.4, 0.5) is 4.79 Å². The van der Waals surface area contributed by atoms with Crippen molar-refractivity contribution in [3.63, 3.8) is 0 Å². The summed E-state index contributed by atoms with van der Waals surface area (Å²) in [6.45, 7) is 15.8. The van der Waals surface area contributed by atoms with Gasteiger partial charge in [0.2, 0.25) is 0 Å². The number of carbonyl (C=O) groups excluding carboxylic acids is 1. The molecule has 0 aliphatic rings. The molecule has 0 spiro atoms. The van der Waals surface area contributed by atoms with Gasteiger partial charge in [0.15, 0.2) is 0 Å². The number of hydrogen-bond donors (Lipinski definition) is 2. The minimum absolute atomic E-state index is 0.246. The van der Waals surface area contributed by atoms with Crippen LogP contribution in [-0.4, -0.2) is 49.2 Å². The van der Waals surface area contributed by atoms with Gasteiger partial charge in [-0.3, -0.25) is 0 Å². The molecule has 0 heterocycles. The van der Waals surface area contributed by atoms with E-state index in [4.69, 9.17) is 19.9 Å². The summed E-state index contributed by atoms with van der Waals surface area (Å²) in [5.41, 5.74) is 4.40. The highest BCUT2D eigenvalue weighted by molar-refractivity contribution is 5.67. The van der Waals surface area contributed by atoms with E-state index in [0.29, 0.717) is 32.7 Å². The molecular formula is C17H36N2O4. The molecule has 0 aromatic carbocycles. The first-order chi connectivity index (χ1) is 10.4. The zero-order valence-electron chi connectivity index (χ0n) is 16.0. The fraction of sp³-hybridized carbons (Fsp3) is 0.941. The Morgan fingerprint density at radius 2 is 1.43 bits per heavy atom. The molecule has 0 saturated carbocycles. The van der Waals surface area contributed by atoms with Gasteiger partial charge in [0.1, 0.15) is 5.60 Å². The average Bonchev–Trinajstić information content (AvgIpc) is 2.33. The van der Waals surface area contributed by atoms with Gasteiger partial charge in [-0.2, -0.15) is 0 Å².